The normalized spacial score (nSPS) is 20.8. The summed E-state index contributed by atoms with van der Waals surface area (Å²) in [6.45, 7) is 7.77. The zero-order valence-electron chi connectivity index (χ0n) is 17.0. The van der Waals surface area contributed by atoms with Gasteiger partial charge in [-0.25, -0.2) is 4.39 Å². The minimum atomic E-state index is -0.179. The fourth-order valence-electron chi connectivity index (χ4n) is 3.70. The molecule has 1 aromatic rings. The topological polar surface area (TPSA) is 46.1 Å². The van der Waals surface area contributed by atoms with E-state index in [1.165, 1.54) is 5.56 Å². The van der Waals surface area contributed by atoms with Crippen LogP contribution in [0, 0.1) is 11.7 Å². The Kier molecular flexibility index (Phi) is 9.43. The van der Waals surface area contributed by atoms with Gasteiger partial charge in [-0.2, -0.15) is 0 Å². The van der Waals surface area contributed by atoms with Crippen LogP contribution in [0.4, 0.5) is 4.39 Å². The minimum absolute atomic E-state index is 0. The number of guanidine groups is 1. The summed E-state index contributed by atoms with van der Waals surface area (Å²) in [7, 11) is 1.69. The Morgan fingerprint density at radius 1 is 1.29 bits per heavy atom. The van der Waals surface area contributed by atoms with Crippen molar-refractivity contribution >= 4 is 29.9 Å². The van der Waals surface area contributed by atoms with Crippen molar-refractivity contribution in [3.05, 3.63) is 35.6 Å². The SMILES string of the molecule is CCNC(=NCC1(c2ccc(F)cc2)CC1)N1CCC(COCCOC)C1.I. The Morgan fingerprint density at radius 3 is 2.68 bits per heavy atom. The van der Waals surface area contributed by atoms with Gasteiger partial charge in [0.25, 0.3) is 0 Å². The van der Waals surface area contributed by atoms with Gasteiger partial charge < -0.3 is 19.7 Å². The van der Waals surface area contributed by atoms with Crippen LogP contribution in [0.5, 0.6) is 0 Å². The predicted octanol–water partition coefficient (Wildman–Crippen LogP) is 3.43. The quantitative estimate of drug-likeness (QED) is 0.242. The molecule has 1 unspecified atom stereocenters. The average molecular weight is 505 g/mol. The summed E-state index contributed by atoms with van der Waals surface area (Å²) >= 11 is 0. The lowest BCUT2D eigenvalue weighted by molar-refractivity contribution is 0.0536. The Labute approximate surface area is 185 Å². The van der Waals surface area contributed by atoms with E-state index >= 15 is 0 Å². The molecule has 0 bridgehead atoms. The second-order valence-corrected chi connectivity index (χ2v) is 7.63. The molecule has 0 aromatic heterocycles. The maximum atomic E-state index is 13.2. The molecule has 1 aliphatic heterocycles. The molecule has 2 fully saturated rings. The highest BCUT2D eigenvalue weighted by atomic mass is 127. The van der Waals surface area contributed by atoms with Crippen molar-refractivity contribution in [1.29, 1.82) is 0 Å². The molecule has 1 aromatic carbocycles. The number of aliphatic imine (C=N–C) groups is 1. The largest absolute Gasteiger partial charge is 0.382 e. The first-order valence-electron chi connectivity index (χ1n) is 10.0. The lowest BCUT2D eigenvalue weighted by Crippen LogP contribution is -2.40. The third-order valence-corrected chi connectivity index (χ3v) is 5.55. The van der Waals surface area contributed by atoms with E-state index in [-0.39, 0.29) is 35.2 Å². The molecule has 0 amide bonds. The number of likely N-dealkylation sites (tertiary alicyclic amines) is 1. The molecule has 1 heterocycles. The molecule has 5 nitrogen and oxygen atoms in total. The van der Waals surface area contributed by atoms with Crippen LogP contribution in [0.15, 0.2) is 29.3 Å². The van der Waals surface area contributed by atoms with Gasteiger partial charge in [-0.15, -0.1) is 24.0 Å². The Hall–Kier alpha value is -0.930. The molecule has 0 spiro atoms. The summed E-state index contributed by atoms with van der Waals surface area (Å²) in [5.41, 5.74) is 1.30. The number of methoxy groups -OCH3 is 1. The van der Waals surface area contributed by atoms with Crippen molar-refractivity contribution in [2.45, 2.75) is 31.6 Å². The fraction of sp³-hybridized carbons (Fsp3) is 0.667. The lowest BCUT2D eigenvalue weighted by atomic mass is 9.96. The molecule has 0 radical (unpaired) electrons. The smallest absolute Gasteiger partial charge is 0.193 e. The first-order valence-corrected chi connectivity index (χ1v) is 10.0. The molecule has 1 N–H and O–H groups in total. The molecular formula is C21H33FIN3O2. The van der Waals surface area contributed by atoms with E-state index in [0.29, 0.717) is 19.1 Å². The van der Waals surface area contributed by atoms with E-state index in [4.69, 9.17) is 14.5 Å². The summed E-state index contributed by atoms with van der Waals surface area (Å²) in [4.78, 5) is 7.29. The Balaban J connectivity index is 0.00000280. The van der Waals surface area contributed by atoms with Gasteiger partial charge in [0.1, 0.15) is 5.82 Å². The van der Waals surface area contributed by atoms with Crippen LogP contribution in [0.2, 0.25) is 0 Å². The molecule has 1 saturated carbocycles. The lowest BCUT2D eigenvalue weighted by Gasteiger charge is -2.23. The van der Waals surface area contributed by atoms with Crippen LogP contribution in [0.3, 0.4) is 0 Å². The maximum Gasteiger partial charge on any atom is 0.193 e. The maximum absolute atomic E-state index is 13.2. The van der Waals surface area contributed by atoms with Crippen LogP contribution in [-0.2, 0) is 14.9 Å². The second kappa shape index (κ2) is 11.3. The molecule has 1 saturated heterocycles. The van der Waals surface area contributed by atoms with Crippen molar-refractivity contribution in [1.82, 2.24) is 10.2 Å². The van der Waals surface area contributed by atoms with Crippen molar-refractivity contribution in [2.75, 3.05) is 53.1 Å². The molecule has 7 heteroatoms. The fourth-order valence-corrected chi connectivity index (χ4v) is 3.70. The number of hydrogen-bond acceptors (Lipinski definition) is 3. The van der Waals surface area contributed by atoms with Gasteiger partial charge >= 0.3 is 0 Å². The number of halogens is 2. The number of ether oxygens (including phenoxy) is 2. The van der Waals surface area contributed by atoms with Crippen molar-refractivity contribution in [3.63, 3.8) is 0 Å². The van der Waals surface area contributed by atoms with Gasteiger partial charge in [0.05, 0.1) is 26.4 Å². The third kappa shape index (κ3) is 6.29. The number of benzene rings is 1. The summed E-state index contributed by atoms with van der Waals surface area (Å²) in [6.07, 6.45) is 3.37. The van der Waals surface area contributed by atoms with Crippen molar-refractivity contribution in [2.24, 2.45) is 10.9 Å². The van der Waals surface area contributed by atoms with Gasteiger partial charge in [-0.05, 0) is 43.9 Å². The van der Waals surface area contributed by atoms with Crippen LogP contribution < -0.4 is 5.32 Å². The summed E-state index contributed by atoms with van der Waals surface area (Å²) in [5.74, 6) is 1.35. The van der Waals surface area contributed by atoms with Gasteiger partial charge in [-0.1, -0.05) is 12.1 Å². The zero-order chi connectivity index (χ0) is 19.1. The van der Waals surface area contributed by atoms with Crippen molar-refractivity contribution in [3.8, 4) is 0 Å². The molecule has 1 atom stereocenters. The summed E-state index contributed by atoms with van der Waals surface area (Å²) in [5, 5.41) is 3.44. The Bertz CT molecular complexity index is 623. The van der Waals surface area contributed by atoms with Crippen molar-refractivity contribution < 1.29 is 13.9 Å². The number of hydrogen-bond donors (Lipinski definition) is 1. The van der Waals surface area contributed by atoms with Crippen LogP contribution >= 0.6 is 24.0 Å². The standard InChI is InChI=1S/C21H32FN3O2.HI/c1-3-23-20(25-11-8-17(14-25)15-27-13-12-26-2)24-16-21(9-10-21)18-4-6-19(22)7-5-18;/h4-7,17H,3,8-16H2,1-2H3,(H,23,24);1H. The number of nitrogens with zero attached hydrogens (tertiary/aromatic N) is 2. The van der Waals surface area contributed by atoms with E-state index in [9.17, 15) is 4.39 Å². The number of nitrogens with one attached hydrogen (secondary N) is 1. The van der Waals surface area contributed by atoms with E-state index in [0.717, 1.165) is 58.0 Å². The van der Waals surface area contributed by atoms with Gasteiger partial charge in [0.2, 0.25) is 0 Å². The highest BCUT2D eigenvalue weighted by Gasteiger charge is 2.44. The second-order valence-electron chi connectivity index (χ2n) is 7.63. The van der Waals surface area contributed by atoms with Gasteiger partial charge in [0, 0.05) is 38.1 Å². The molecule has 28 heavy (non-hydrogen) atoms. The zero-order valence-corrected chi connectivity index (χ0v) is 19.3. The highest BCUT2D eigenvalue weighted by molar-refractivity contribution is 14.0. The molecular weight excluding hydrogens is 472 g/mol. The van der Waals surface area contributed by atoms with Crippen LogP contribution in [0.25, 0.3) is 0 Å². The Morgan fingerprint density at radius 2 is 2.04 bits per heavy atom. The highest BCUT2D eigenvalue weighted by Crippen LogP contribution is 2.48. The first-order chi connectivity index (χ1) is 13.2. The first kappa shape index (κ1) is 23.3. The average Bonchev–Trinajstić information content (AvgIpc) is 3.32. The van der Waals surface area contributed by atoms with Crippen LogP contribution in [-0.4, -0.2) is 64.0 Å². The summed E-state index contributed by atoms with van der Waals surface area (Å²) in [6, 6.07) is 6.93. The van der Waals surface area contributed by atoms with Gasteiger partial charge in [-0.3, -0.25) is 4.99 Å². The van der Waals surface area contributed by atoms with E-state index in [1.807, 2.05) is 12.1 Å². The number of rotatable bonds is 9. The monoisotopic (exact) mass is 505 g/mol. The molecule has 158 valence electrons. The van der Waals surface area contributed by atoms with E-state index < -0.39 is 0 Å². The minimum Gasteiger partial charge on any atom is -0.382 e. The van der Waals surface area contributed by atoms with E-state index in [1.54, 1.807) is 19.2 Å². The molecule has 2 aliphatic rings. The van der Waals surface area contributed by atoms with E-state index in [2.05, 4.69) is 17.1 Å². The third-order valence-electron chi connectivity index (χ3n) is 5.55. The van der Waals surface area contributed by atoms with Crippen LogP contribution in [0.1, 0.15) is 31.7 Å². The molecule has 1 aliphatic carbocycles. The predicted molar refractivity (Wildman–Crippen MR) is 121 cm³/mol. The summed E-state index contributed by atoms with van der Waals surface area (Å²) < 4.78 is 23.9. The molecule has 3 rings (SSSR count). The van der Waals surface area contributed by atoms with Gasteiger partial charge in [0.15, 0.2) is 5.96 Å².